The second-order valence-corrected chi connectivity index (χ2v) is 5.47. The average molecular weight is 349 g/mol. The Hall–Kier alpha value is -1.56. The summed E-state index contributed by atoms with van der Waals surface area (Å²) in [6.07, 6.45) is 0. The summed E-state index contributed by atoms with van der Waals surface area (Å²) in [6, 6.07) is 14.3. The number of hydrogen-bond acceptors (Lipinski definition) is 2. The van der Waals surface area contributed by atoms with Gasteiger partial charge < -0.3 is 5.73 Å². The van der Waals surface area contributed by atoms with E-state index < -0.39 is 0 Å². The molecule has 18 heavy (non-hydrogen) atoms. The number of nitrogens with zero attached hydrogens (tertiary/aromatic N) is 2. The van der Waals surface area contributed by atoms with Crippen LogP contribution in [-0.2, 0) is 0 Å². The smallest absolute Gasteiger partial charge is 0.205 e. The Morgan fingerprint density at radius 3 is 2.56 bits per heavy atom. The number of nitrogen functional groups attached to an aromatic ring is 1. The highest BCUT2D eigenvalue weighted by Gasteiger charge is 2.11. The predicted octanol–water partition coefficient (Wildman–Crippen LogP) is 3.52. The molecule has 3 nitrogen and oxygen atoms in total. The molecule has 1 heterocycles. The van der Waals surface area contributed by atoms with Crippen molar-refractivity contribution in [3.05, 3.63) is 51.6 Å². The molecular formula is C14H12IN3. The predicted molar refractivity (Wildman–Crippen MR) is 82.9 cm³/mol. The molecule has 0 fully saturated rings. The number of fused-ring (bicyclic) bond motifs is 1. The van der Waals surface area contributed by atoms with Crippen molar-refractivity contribution in [1.82, 2.24) is 9.55 Å². The summed E-state index contributed by atoms with van der Waals surface area (Å²) in [6.45, 7) is 2.08. The molecule has 0 unspecified atom stereocenters. The van der Waals surface area contributed by atoms with E-state index in [-0.39, 0.29) is 0 Å². The van der Waals surface area contributed by atoms with E-state index in [2.05, 4.69) is 64.8 Å². The molecule has 0 saturated carbocycles. The molecule has 2 N–H and O–H groups in total. The number of nitrogens with two attached hydrogens (primary N) is 1. The quantitative estimate of drug-likeness (QED) is 0.683. The van der Waals surface area contributed by atoms with Crippen LogP contribution in [0, 0.1) is 10.5 Å². The third-order valence-electron chi connectivity index (χ3n) is 2.99. The molecule has 3 aromatic rings. The standard InChI is InChI=1S/C14H12IN3/c1-9-3-2-4-12-13(9)18(14(16)17-12)11-7-5-10(15)6-8-11/h2-8H,1H3,(H2,16,17). The van der Waals surface area contributed by atoms with Gasteiger partial charge in [-0.1, -0.05) is 12.1 Å². The van der Waals surface area contributed by atoms with Crippen molar-refractivity contribution in [2.45, 2.75) is 6.92 Å². The van der Waals surface area contributed by atoms with Gasteiger partial charge in [-0.15, -0.1) is 0 Å². The number of para-hydroxylation sites is 1. The largest absolute Gasteiger partial charge is 0.369 e. The Morgan fingerprint density at radius 1 is 1.11 bits per heavy atom. The van der Waals surface area contributed by atoms with Crippen LogP contribution >= 0.6 is 22.6 Å². The van der Waals surface area contributed by atoms with Crippen molar-refractivity contribution < 1.29 is 0 Å². The first-order valence-corrected chi connectivity index (χ1v) is 6.74. The van der Waals surface area contributed by atoms with Crippen LogP contribution in [0.1, 0.15) is 5.56 Å². The molecule has 0 atom stereocenters. The van der Waals surface area contributed by atoms with Crippen molar-refractivity contribution in [3.63, 3.8) is 0 Å². The van der Waals surface area contributed by atoms with Gasteiger partial charge in [0.25, 0.3) is 0 Å². The fourth-order valence-corrected chi connectivity index (χ4v) is 2.52. The number of halogens is 1. The van der Waals surface area contributed by atoms with Crippen LogP contribution in [0.4, 0.5) is 5.95 Å². The van der Waals surface area contributed by atoms with Crippen LogP contribution in [0.15, 0.2) is 42.5 Å². The highest BCUT2D eigenvalue weighted by Crippen LogP contribution is 2.25. The van der Waals surface area contributed by atoms with Gasteiger partial charge in [0, 0.05) is 9.26 Å². The molecule has 0 aliphatic rings. The minimum atomic E-state index is 0.528. The third-order valence-corrected chi connectivity index (χ3v) is 3.71. The van der Waals surface area contributed by atoms with Crippen molar-refractivity contribution in [1.29, 1.82) is 0 Å². The number of aryl methyl sites for hydroxylation is 1. The lowest BCUT2D eigenvalue weighted by molar-refractivity contribution is 1.10. The Kier molecular flexibility index (Phi) is 2.74. The highest BCUT2D eigenvalue weighted by molar-refractivity contribution is 14.1. The molecule has 0 radical (unpaired) electrons. The summed E-state index contributed by atoms with van der Waals surface area (Å²) in [5.74, 6) is 0.528. The van der Waals surface area contributed by atoms with Gasteiger partial charge in [-0.25, -0.2) is 4.98 Å². The molecule has 0 aliphatic heterocycles. The lowest BCUT2D eigenvalue weighted by Gasteiger charge is -2.08. The first-order chi connectivity index (χ1) is 8.66. The van der Waals surface area contributed by atoms with E-state index in [1.807, 2.05) is 16.7 Å². The first kappa shape index (κ1) is 11.5. The van der Waals surface area contributed by atoms with Crippen LogP contribution in [0.3, 0.4) is 0 Å². The molecule has 0 aliphatic carbocycles. The maximum atomic E-state index is 6.04. The molecule has 2 aromatic carbocycles. The first-order valence-electron chi connectivity index (χ1n) is 5.66. The number of benzene rings is 2. The number of aromatic nitrogens is 2. The van der Waals surface area contributed by atoms with E-state index in [4.69, 9.17) is 5.73 Å². The zero-order chi connectivity index (χ0) is 12.7. The van der Waals surface area contributed by atoms with Gasteiger partial charge in [0.2, 0.25) is 5.95 Å². The molecule has 1 aromatic heterocycles. The average Bonchev–Trinajstić information content (AvgIpc) is 2.68. The van der Waals surface area contributed by atoms with Gasteiger partial charge in [0.05, 0.1) is 11.0 Å². The van der Waals surface area contributed by atoms with E-state index in [0.29, 0.717) is 5.95 Å². The molecular weight excluding hydrogens is 337 g/mol. The second kappa shape index (κ2) is 4.28. The second-order valence-electron chi connectivity index (χ2n) is 4.22. The normalized spacial score (nSPS) is 11.0. The van der Waals surface area contributed by atoms with Gasteiger partial charge in [-0.3, -0.25) is 4.57 Å². The minimum absolute atomic E-state index is 0.528. The van der Waals surface area contributed by atoms with E-state index in [0.717, 1.165) is 16.7 Å². The Bertz CT molecular complexity index is 714. The summed E-state index contributed by atoms with van der Waals surface area (Å²) in [4.78, 5) is 4.41. The van der Waals surface area contributed by atoms with Gasteiger partial charge in [0.1, 0.15) is 0 Å². The Morgan fingerprint density at radius 2 is 1.83 bits per heavy atom. The SMILES string of the molecule is Cc1cccc2nc(N)n(-c3ccc(I)cc3)c12. The Balaban J connectivity index is 2.34. The zero-order valence-corrected chi connectivity index (χ0v) is 12.0. The van der Waals surface area contributed by atoms with Crippen molar-refractivity contribution >= 4 is 39.6 Å². The third kappa shape index (κ3) is 1.77. The molecule has 0 saturated heterocycles. The van der Waals surface area contributed by atoms with Crippen molar-refractivity contribution in [2.24, 2.45) is 0 Å². The summed E-state index contributed by atoms with van der Waals surface area (Å²) >= 11 is 2.29. The van der Waals surface area contributed by atoms with Crippen LogP contribution in [0.5, 0.6) is 0 Å². The number of imidazole rings is 1. The van der Waals surface area contributed by atoms with Crippen LogP contribution < -0.4 is 5.73 Å². The van der Waals surface area contributed by atoms with Crippen molar-refractivity contribution in [2.75, 3.05) is 5.73 Å². The molecule has 0 spiro atoms. The van der Waals surface area contributed by atoms with Crippen molar-refractivity contribution in [3.8, 4) is 5.69 Å². The van der Waals surface area contributed by atoms with Crippen LogP contribution in [0.2, 0.25) is 0 Å². The van der Waals surface area contributed by atoms with E-state index >= 15 is 0 Å². The topological polar surface area (TPSA) is 43.8 Å². The lowest BCUT2D eigenvalue weighted by atomic mass is 10.2. The van der Waals surface area contributed by atoms with Gasteiger partial charge in [-0.05, 0) is 65.4 Å². The highest BCUT2D eigenvalue weighted by atomic mass is 127. The number of rotatable bonds is 1. The maximum absolute atomic E-state index is 6.04. The molecule has 0 bridgehead atoms. The molecule has 0 amide bonds. The summed E-state index contributed by atoms with van der Waals surface area (Å²) in [7, 11) is 0. The van der Waals surface area contributed by atoms with E-state index in [1.165, 1.54) is 9.13 Å². The fraction of sp³-hybridized carbons (Fsp3) is 0.0714. The lowest BCUT2D eigenvalue weighted by Crippen LogP contribution is -2.01. The van der Waals surface area contributed by atoms with E-state index in [1.54, 1.807) is 0 Å². The van der Waals surface area contributed by atoms with Gasteiger partial charge >= 0.3 is 0 Å². The Labute approximate surface area is 119 Å². The zero-order valence-electron chi connectivity index (χ0n) is 9.89. The molecule has 4 heteroatoms. The molecule has 3 rings (SSSR count). The van der Waals surface area contributed by atoms with Crippen LogP contribution in [0.25, 0.3) is 16.7 Å². The fourth-order valence-electron chi connectivity index (χ4n) is 2.16. The summed E-state index contributed by atoms with van der Waals surface area (Å²) in [5, 5.41) is 0. The minimum Gasteiger partial charge on any atom is -0.369 e. The van der Waals surface area contributed by atoms with Gasteiger partial charge in [-0.2, -0.15) is 0 Å². The monoisotopic (exact) mass is 349 g/mol. The van der Waals surface area contributed by atoms with Gasteiger partial charge in [0.15, 0.2) is 0 Å². The van der Waals surface area contributed by atoms with E-state index in [9.17, 15) is 0 Å². The number of anilines is 1. The maximum Gasteiger partial charge on any atom is 0.205 e. The molecule has 90 valence electrons. The summed E-state index contributed by atoms with van der Waals surface area (Å²) in [5.41, 5.74) is 10.3. The number of hydrogen-bond donors (Lipinski definition) is 1. The van der Waals surface area contributed by atoms with Crippen LogP contribution in [-0.4, -0.2) is 9.55 Å². The summed E-state index contributed by atoms with van der Waals surface area (Å²) < 4.78 is 3.21.